The lowest BCUT2D eigenvalue weighted by atomic mass is 9.93. The number of hydrogen-bond donors (Lipinski definition) is 3. The summed E-state index contributed by atoms with van der Waals surface area (Å²) in [5.74, 6) is -0.0799. The highest BCUT2D eigenvalue weighted by atomic mass is 32.1. The summed E-state index contributed by atoms with van der Waals surface area (Å²) in [7, 11) is 0. The van der Waals surface area contributed by atoms with Crippen LogP contribution in [0.2, 0.25) is 0 Å². The molecule has 2 heterocycles. The molecule has 0 aliphatic heterocycles. The average Bonchev–Trinajstić information content (AvgIpc) is 2.95. The molecule has 0 fully saturated rings. The van der Waals surface area contributed by atoms with E-state index in [1.54, 1.807) is 6.07 Å². The Morgan fingerprint density at radius 1 is 1.42 bits per heavy atom. The molecule has 8 heteroatoms. The molecule has 1 amide bonds. The lowest BCUT2D eigenvalue weighted by molar-refractivity contribution is 0.100. The number of amides is 1. The van der Waals surface area contributed by atoms with Gasteiger partial charge in [-0.3, -0.25) is 9.59 Å². The van der Waals surface area contributed by atoms with Crippen LogP contribution in [0.5, 0.6) is 10.8 Å². The van der Waals surface area contributed by atoms with E-state index in [9.17, 15) is 9.59 Å². The van der Waals surface area contributed by atoms with Crippen molar-refractivity contribution in [2.45, 2.75) is 12.8 Å². The standard InChI is InChI=1S/C16H13N3O3S2/c17-5-8-1-4-11-12(13(8)23)16(24-14(11)15(18)21)22-10-3-2-9(7-20)19-6-10/h2-3,5-7,17,23H,1,4H2,(H2,18,21). The lowest BCUT2D eigenvalue weighted by Gasteiger charge is -2.16. The zero-order valence-electron chi connectivity index (χ0n) is 12.4. The zero-order chi connectivity index (χ0) is 17.3. The van der Waals surface area contributed by atoms with Crippen molar-refractivity contribution >= 4 is 47.3 Å². The van der Waals surface area contributed by atoms with Crippen LogP contribution in [0.25, 0.3) is 4.91 Å². The lowest BCUT2D eigenvalue weighted by Crippen LogP contribution is -2.13. The molecule has 0 saturated heterocycles. The number of pyridine rings is 1. The van der Waals surface area contributed by atoms with Crippen LogP contribution >= 0.6 is 24.0 Å². The van der Waals surface area contributed by atoms with Crippen molar-refractivity contribution in [1.82, 2.24) is 4.98 Å². The summed E-state index contributed by atoms with van der Waals surface area (Å²) in [6, 6.07) is 3.16. The fourth-order valence-electron chi connectivity index (χ4n) is 2.50. The summed E-state index contributed by atoms with van der Waals surface area (Å²) in [6.07, 6.45) is 4.57. The van der Waals surface area contributed by atoms with Crippen LogP contribution in [-0.2, 0) is 6.42 Å². The number of carbonyl (C=O) groups is 2. The quantitative estimate of drug-likeness (QED) is 0.433. The number of aldehydes is 1. The number of thiophene rings is 1. The van der Waals surface area contributed by atoms with Crippen molar-refractivity contribution in [3.05, 3.63) is 45.6 Å². The van der Waals surface area contributed by atoms with Gasteiger partial charge in [-0.15, -0.1) is 12.6 Å². The maximum atomic E-state index is 11.7. The van der Waals surface area contributed by atoms with Gasteiger partial charge in [0, 0.05) is 16.7 Å². The van der Waals surface area contributed by atoms with Crippen LogP contribution in [-0.4, -0.2) is 23.4 Å². The maximum Gasteiger partial charge on any atom is 0.259 e. The number of allylic oxidation sites excluding steroid dienone is 1. The summed E-state index contributed by atoms with van der Waals surface area (Å²) in [6.45, 7) is 0. The molecule has 122 valence electrons. The molecule has 0 bridgehead atoms. The van der Waals surface area contributed by atoms with Gasteiger partial charge in [0.1, 0.15) is 11.4 Å². The van der Waals surface area contributed by atoms with Crippen molar-refractivity contribution in [3.8, 4) is 10.8 Å². The van der Waals surface area contributed by atoms with Gasteiger partial charge < -0.3 is 15.9 Å². The number of hydrogen-bond acceptors (Lipinski definition) is 7. The van der Waals surface area contributed by atoms with E-state index in [0.717, 1.165) is 22.5 Å². The summed E-state index contributed by atoms with van der Waals surface area (Å²) in [4.78, 5) is 27.4. The minimum atomic E-state index is -0.514. The van der Waals surface area contributed by atoms with Crippen molar-refractivity contribution in [2.75, 3.05) is 0 Å². The number of aromatic nitrogens is 1. The van der Waals surface area contributed by atoms with Crippen LogP contribution in [0.1, 0.15) is 37.7 Å². The van der Waals surface area contributed by atoms with Gasteiger partial charge in [0.25, 0.3) is 5.91 Å². The van der Waals surface area contributed by atoms with Gasteiger partial charge in [0.05, 0.1) is 11.1 Å². The highest BCUT2D eigenvalue weighted by Crippen LogP contribution is 2.47. The Hall–Kier alpha value is -2.45. The monoisotopic (exact) mass is 359 g/mol. The third kappa shape index (κ3) is 2.85. The fraction of sp³-hybridized carbons (Fsp3) is 0.125. The molecular weight excluding hydrogens is 346 g/mol. The second-order valence-corrected chi connectivity index (χ2v) is 6.52. The molecule has 3 rings (SSSR count). The third-order valence-corrected chi connectivity index (χ3v) is 5.28. The summed E-state index contributed by atoms with van der Waals surface area (Å²) >= 11 is 5.66. The molecule has 0 aromatic carbocycles. The molecule has 0 unspecified atom stereocenters. The number of nitrogens with one attached hydrogen (secondary N) is 1. The molecule has 0 radical (unpaired) electrons. The third-order valence-electron chi connectivity index (χ3n) is 3.65. The molecule has 2 aromatic rings. The number of nitrogens with zero attached hydrogens (tertiary/aromatic N) is 1. The highest BCUT2D eigenvalue weighted by molar-refractivity contribution is 7.90. The Morgan fingerprint density at radius 2 is 2.21 bits per heavy atom. The van der Waals surface area contributed by atoms with Gasteiger partial charge in [0.2, 0.25) is 0 Å². The Morgan fingerprint density at radius 3 is 2.79 bits per heavy atom. The largest absolute Gasteiger partial charge is 0.444 e. The molecule has 6 nitrogen and oxygen atoms in total. The van der Waals surface area contributed by atoms with Crippen molar-refractivity contribution in [3.63, 3.8) is 0 Å². The van der Waals surface area contributed by atoms with Gasteiger partial charge in [-0.2, -0.15) is 0 Å². The summed E-state index contributed by atoms with van der Waals surface area (Å²) in [5.41, 5.74) is 8.05. The van der Waals surface area contributed by atoms with Crippen LogP contribution in [0.15, 0.2) is 23.9 Å². The van der Waals surface area contributed by atoms with E-state index in [1.807, 2.05) is 0 Å². The smallest absolute Gasteiger partial charge is 0.259 e. The van der Waals surface area contributed by atoms with Gasteiger partial charge in [-0.25, -0.2) is 4.98 Å². The second-order valence-electron chi connectivity index (χ2n) is 5.09. The molecule has 24 heavy (non-hydrogen) atoms. The maximum absolute atomic E-state index is 11.7. The highest BCUT2D eigenvalue weighted by Gasteiger charge is 2.28. The number of rotatable bonds is 5. The van der Waals surface area contributed by atoms with Crippen molar-refractivity contribution in [1.29, 1.82) is 5.41 Å². The predicted molar refractivity (Wildman–Crippen MR) is 95.5 cm³/mol. The first-order valence-electron chi connectivity index (χ1n) is 7.02. The molecule has 0 spiro atoms. The minimum absolute atomic E-state index is 0.300. The normalized spacial score (nSPS) is 13.4. The van der Waals surface area contributed by atoms with E-state index in [2.05, 4.69) is 17.6 Å². The van der Waals surface area contributed by atoms with E-state index < -0.39 is 5.91 Å². The Kier molecular flexibility index (Phi) is 4.50. The minimum Gasteiger partial charge on any atom is -0.444 e. The first-order chi connectivity index (χ1) is 11.5. The number of thiol groups is 1. The number of ether oxygens (including phenoxy) is 1. The molecular formula is C16H13N3O3S2. The van der Waals surface area contributed by atoms with Crippen LogP contribution in [0, 0.1) is 5.41 Å². The summed E-state index contributed by atoms with van der Waals surface area (Å²) < 4.78 is 5.84. The number of carbonyl (C=O) groups excluding carboxylic acids is 2. The summed E-state index contributed by atoms with van der Waals surface area (Å²) in [5, 5.41) is 7.97. The molecule has 1 aliphatic carbocycles. The number of nitrogens with two attached hydrogens (primary N) is 1. The first kappa shape index (κ1) is 16.4. The molecule has 3 N–H and O–H groups in total. The molecule has 0 atom stereocenters. The van der Waals surface area contributed by atoms with E-state index >= 15 is 0 Å². The Balaban J connectivity index is 2.08. The van der Waals surface area contributed by atoms with Crippen molar-refractivity contribution in [2.24, 2.45) is 5.73 Å². The molecule has 2 aromatic heterocycles. The van der Waals surface area contributed by atoms with E-state index in [1.165, 1.54) is 18.5 Å². The predicted octanol–water partition coefficient (Wildman–Crippen LogP) is 3.08. The average molecular weight is 359 g/mol. The Bertz CT molecular complexity index is 869. The van der Waals surface area contributed by atoms with E-state index in [0.29, 0.717) is 51.0 Å². The van der Waals surface area contributed by atoms with Crippen LogP contribution < -0.4 is 10.5 Å². The van der Waals surface area contributed by atoms with E-state index in [-0.39, 0.29) is 0 Å². The van der Waals surface area contributed by atoms with Gasteiger partial charge in [0.15, 0.2) is 11.3 Å². The molecule has 1 aliphatic rings. The van der Waals surface area contributed by atoms with Gasteiger partial charge >= 0.3 is 0 Å². The number of fused-ring (bicyclic) bond motifs is 1. The van der Waals surface area contributed by atoms with Gasteiger partial charge in [-0.1, -0.05) is 11.3 Å². The first-order valence-corrected chi connectivity index (χ1v) is 8.29. The SMILES string of the molecule is N=CC1=C(S)c2c(Oc3ccc(C=O)nc3)sc(C(N)=O)c2CC1. The topological polar surface area (TPSA) is 106 Å². The van der Waals surface area contributed by atoms with Crippen LogP contribution in [0.4, 0.5) is 0 Å². The zero-order valence-corrected chi connectivity index (χ0v) is 14.1. The van der Waals surface area contributed by atoms with E-state index in [4.69, 9.17) is 15.9 Å². The fourth-order valence-corrected chi connectivity index (χ4v) is 4.07. The van der Waals surface area contributed by atoms with Crippen molar-refractivity contribution < 1.29 is 14.3 Å². The Labute approximate surface area is 147 Å². The second kappa shape index (κ2) is 6.58. The number of primary amides is 1. The molecule has 0 saturated carbocycles. The van der Waals surface area contributed by atoms with Crippen LogP contribution in [0.3, 0.4) is 0 Å². The van der Waals surface area contributed by atoms with Gasteiger partial charge in [-0.05, 0) is 36.1 Å².